The molecule has 108 valence electrons. The van der Waals surface area contributed by atoms with Gasteiger partial charge in [0, 0.05) is 15.6 Å². The van der Waals surface area contributed by atoms with Crippen LogP contribution in [0.3, 0.4) is 0 Å². The number of carbonyl (C=O) groups is 1. The summed E-state index contributed by atoms with van der Waals surface area (Å²) in [6, 6.07) is 10.5. The highest BCUT2D eigenvalue weighted by Crippen LogP contribution is 2.25. The number of hydrogen-bond donors (Lipinski definition) is 2. The van der Waals surface area contributed by atoms with Crippen LogP contribution in [0.1, 0.15) is 21.5 Å². The van der Waals surface area contributed by atoms with Gasteiger partial charge in [0.1, 0.15) is 4.99 Å². The van der Waals surface area contributed by atoms with Crippen LogP contribution < -0.4 is 11.1 Å². The Morgan fingerprint density at radius 1 is 1.29 bits per heavy atom. The Balaban J connectivity index is 2.33. The Morgan fingerprint density at radius 3 is 2.67 bits per heavy atom. The van der Waals surface area contributed by atoms with Gasteiger partial charge in [-0.1, -0.05) is 51.9 Å². The molecule has 3 nitrogen and oxygen atoms in total. The average Bonchev–Trinajstić information content (AvgIpc) is 2.43. The number of nitrogens with one attached hydrogen (secondary N) is 1. The molecule has 6 heteroatoms. The maximum atomic E-state index is 12.4. The van der Waals surface area contributed by atoms with E-state index in [1.807, 2.05) is 19.1 Å². The van der Waals surface area contributed by atoms with Gasteiger partial charge in [0.2, 0.25) is 0 Å². The highest BCUT2D eigenvalue weighted by Gasteiger charge is 2.12. The lowest BCUT2D eigenvalue weighted by Crippen LogP contribution is -2.15. The molecule has 0 spiro atoms. The monoisotopic (exact) mass is 382 g/mol. The summed E-state index contributed by atoms with van der Waals surface area (Å²) in [5.41, 5.74) is 8.16. The smallest absolute Gasteiger partial charge is 0.256 e. The molecule has 2 rings (SSSR count). The summed E-state index contributed by atoms with van der Waals surface area (Å²) in [7, 11) is 0. The number of carbonyl (C=O) groups excluding carboxylic acids is 1. The molecular weight excluding hydrogens is 372 g/mol. The molecule has 0 unspecified atom stereocenters. The number of hydrogen-bond acceptors (Lipinski definition) is 2. The number of aryl methyl sites for hydroxylation is 1. The minimum Gasteiger partial charge on any atom is -0.389 e. The van der Waals surface area contributed by atoms with Crippen LogP contribution in [0, 0.1) is 6.92 Å². The molecule has 3 N–H and O–H groups in total. The predicted octanol–water partition coefficient (Wildman–Crippen LogP) is 4.30. The number of thiocarbonyl (C=S) groups is 1. The maximum absolute atomic E-state index is 12.4. The second kappa shape index (κ2) is 6.56. The molecule has 0 aliphatic heterocycles. The average molecular weight is 384 g/mol. The van der Waals surface area contributed by atoms with E-state index < -0.39 is 0 Å². The van der Waals surface area contributed by atoms with Gasteiger partial charge >= 0.3 is 0 Å². The van der Waals surface area contributed by atoms with Crippen LogP contribution in [0.4, 0.5) is 5.69 Å². The van der Waals surface area contributed by atoms with Gasteiger partial charge in [-0.25, -0.2) is 0 Å². The first-order chi connectivity index (χ1) is 9.88. The van der Waals surface area contributed by atoms with Crippen molar-refractivity contribution >= 4 is 56.3 Å². The van der Waals surface area contributed by atoms with E-state index >= 15 is 0 Å². The third-order valence-electron chi connectivity index (χ3n) is 2.94. The zero-order chi connectivity index (χ0) is 15.6. The Kier molecular flexibility index (Phi) is 4.98. The van der Waals surface area contributed by atoms with Gasteiger partial charge in [-0.05, 0) is 36.8 Å². The number of nitrogens with two attached hydrogens (primary N) is 1. The number of halogens is 2. The highest BCUT2D eigenvalue weighted by molar-refractivity contribution is 9.10. The van der Waals surface area contributed by atoms with E-state index in [4.69, 9.17) is 29.6 Å². The van der Waals surface area contributed by atoms with E-state index in [1.165, 1.54) is 0 Å². The number of anilines is 1. The molecule has 0 aliphatic carbocycles. The molecule has 0 radical (unpaired) electrons. The van der Waals surface area contributed by atoms with Gasteiger partial charge in [-0.3, -0.25) is 4.79 Å². The van der Waals surface area contributed by atoms with Crippen LogP contribution in [-0.4, -0.2) is 10.9 Å². The molecule has 0 saturated heterocycles. The normalized spacial score (nSPS) is 10.2. The second-order valence-corrected chi connectivity index (χ2v) is 6.23. The van der Waals surface area contributed by atoms with E-state index in [2.05, 4.69) is 21.2 Å². The molecule has 0 bridgehead atoms. The maximum Gasteiger partial charge on any atom is 0.256 e. The van der Waals surface area contributed by atoms with Crippen LogP contribution in [0.2, 0.25) is 5.02 Å². The molecule has 1 amide bonds. The van der Waals surface area contributed by atoms with Gasteiger partial charge in [0.15, 0.2) is 0 Å². The minimum atomic E-state index is -0.240. The predicted molar refractivity (Wildman–Crippen MR) is 94.2 cm³/mol. The summed E-state index contributed by atoms with van der Waals surface area (Å²) in [5.74, 6) is -0.240. The summed E-state index contributed by atoms with van der Waals surface area (Å²) in [6.07, 6.45) is 0. The van der Waals surface area contributed by atoms with E-state index in [0.717, 1.165) is 10.0 Å². The third-order valence-corrected chi connectivity index (χ3v) is 4.00. The zero-order valence-corrected chi connectivity index (χ0v) is 14.3. The van der Waals surface area contributed by atoms with Crippen LogP contribution in [-0.2, 0) is 0 Å². The van der Waals surface area contributed by atoms with Gasteiger partial charge in [-0.2, -0.15) is 0 Å². The van der Waals surface area contributed by atoms with Crippen molar-refractivity contribution in [3.8, 4) is 0 Å². The molecule has 0 aliphatic rings. The molecule has 0 saturated carbocycles. The van der Waals surface area contributed by atoms with Crippen molar-refractivity contribution in [3.63, 3.8) is 0 Å². The van der Waals surface area contributed by atoms with Crippen molar-refractivity contribution in [2.24, 2.45) is 5.73 Å². The fourth-order valence-electron chi connectivity index (χ4n) is 1.80. The number of rotatable bonds is 3. The minimum absolute atomic E-state index is 0.240. The molecule has 2 aromatic rings. The van der Waals surface area contributed by atoms with Gasteiger partial charge in [0.25, 0.3) is 5.91 Å². The number of amides is 1. The van der Waals surface area contributed by atoms with Crippen molar-refractivity contribution < 1.29 is 4.79 Å². The Morgan fingerprint density at radius 2 is 2.00 bits per heavy atom. The standard InChI is InChI=1S/C15H12BrClN2OS/c1-8-2-4-10(16)7-11(8)15(20)19-13-6-9(14(18)21)3-5-12(13)17/h2-7H,1H3,(H2,18,21)(H,19,20). The van der Waals surface area contributed by atoms with E-state index in [9.17, 15) is 4.79 Å². The Hall–Kier alpha value is -1.43. The fourth-order valence-corrected chi connectivity index (χ4v) is 2.46. The van der Waals surface area contributed by atoms with Crippen molar-refractivity contribution in [3.05, 3.63) is 62.6 Å². The fraction of sp³-hybridized carbons (Fsp3) is 0.0667. The van der Waals surface area contributed by atoms with Crippen LogP contribution in [0.5, 0.6) is 0 Å². The summed E-state index contributed by atoms with van der Waals surface area (Å²) in [4.78, 5) is 12.6. The summed E-state index contributed by atoms with van der Waals surface area (Å²) in [6.45, 7) is 1.87. The highest BCUT2D eigenvalue weighted by atomic mass is 79.9. The molecule has 0 heterocycles. The first kappa shape index (κ1) is 15.9. The van der Waals surface area contributed by atoms with Crippen LogP contribution in [0.15, 0.2) is 40.9 Å². The lowest BCUT2D eigenvalue weighted by Gasteiger charge is -2.11. The quantitative estimate of drug-likeness (QED) is 0.777. The van der Waals surface area contributed by atoms with Crippen molar-refractivity contribution in [2.75, 3.05) is 5.32 Å². The van der Waals surface area contributed by atoms with Crippen molar-refractivity contribution in [1.29, 1.82) is 0 Å². The molecule has 0 aromatic heterocycles. The summed E-state index contributed by atoms with van der Waals surface area (Å²) in [5, 5.41) is 3.21. The van der Waals surface area contributed by atoms with E-state index in [1.54, 1.807) is 24.3 Å². The molecule has 0 atom stereocenters. The Bertz CT molecular complexity index is 734. The van der Waals surface area contributed by atoms with Crippen LogP contribution in [0.25, 0.3) is 0 Å². The largest absolute Gasteiger partial charge is 0.389 e. The third kappa shape index (κ3) is 3.81. The van der Waals surface area contributed by atoms with Crippen LogP contribution >= 0.6 is 39.7 Å². The Labute approximate surface area is 141 Å². The molecule has 21 heavy (non-hydrogen) atoms. The number of benzene rings is 2. The molecule has 2 aromatic carbocycles. The first-order valence-electron chi connectivity index (χ1n) is 6.05. The molecular formula is C15H12BrClN2OS. The van der Waals surface area contributed by atoms with Crippen molar-refractivity contribution in [1.82, 2.24) is 0 Å². The second-order valence-electron chi connectivity index (χ2n) is 4.47. The van der Waals surface area contributed by atoms with E-state index in [-0.39, 0.29) is 10.9 Å². The first-order valence-corrected chi connectivity index (χ1v) is 7.63. The van der Waals surface area contributed by atoms with Gasteiger partial charge in [0.05, 0.1) is 10.7 Å². The van der Waals surface area contributed by atoms with E-state index in [0.29, 0.717) is 21.8 Å². The lowest BCUT2D eigenvalue weighted by molar-refractivity contribution is 0.102. The lowest BCUT2D eigenvalue weighted by atomic mass is 10.1. The van der Waals surface area contributed by atoms with Gasteiger partial charge in [-0.15, -0.1) is 0 Å². The van der Waals surface area contributed by atoms with Crippen molar-refractivity contribution in [2.45, 2.75) is 6.92 Å². The summed E-state index contributed by atoms with van der Waals surface area (Å²) < 4.78 is 0.834. The topological polar surface area (TPSA) is 55.1 Å². The van der Waals surface area contributed by atoms with Gasteiger partial charge < -0.3 is 11.1 Å². The zero-order valence-electron chi connectivity index (χ0n) is 11.1. The molecule has 0 fully saturated rings. The SMILES string of the molecule is Cc1ccc(Br)cc1C(=O)Nc1cc(C(N)=S)ccc1Cl. The summed E-state index contributed by atoms with van der Waals surface area (Å²) >= 11 is 14.4.